The molecule has 1 amide bonds. The molecule has 0 aliphatic heterocycles. The van der Waals surface area contributed by atoms with Gasteiger partial charge >= 0.3 is 0 Å². The Labute approximate surface area is 103 Å². The number of rotatable bonds is 4. The third-order valence-electron chi connectivity index (χ3n) is 2.33. The van der Waals surface area contributed by atoms with E-state index in [-0.39, 0.29) is 11.7 Å². The van der Waals surface area contributed by atoms with Gasteiger partial charge in [0.2, 0.25) is 5.91 Å². The number of amides is 1. The SMILES string of the molecule is O=C(CCc1ccsc1)Nc1cccc(F)c1. The number of halogens is 1. The molecule has 0 bridgehead atoms. The van der Waals surface area contributed by atoms with Crippen molar-refractivity contribution in [2.45, 2.75) is 12.8 Å². The molecule has 0 atom stereocenters. The molecule has 1 aromatic heterocycles. The van der Waals surface area contributed by atoms with E-state index in [9.17, 15) is 9.18 Å². The largest absolute Gasteiger partial charge is 0.326 e. The number of carbonyl (C=O) groups excluding carboxylic acids is 1. The van der Waals surface area contributed by atoms with Crippen molar-refractivity contribution in [2.24, 2.45) is 0 Å². The van der Waals surface area contributed by atoms with Crippen LogP contribution in [0.5, 0.6) is 0 Å². The van der Waals surface area contributed by atoms with Gasteiger partial charge in [0.15, 0.2) is 0 Å². The van der Waals surface area contributed by atoms with Crippen molar-refractivity contribution in [3.63, 3.8) is 0 Å². The summed E-state index contributed by atoms with van der Waals surface area (Å²) in [5.41, 5.74) is 1.66. The summed E-state index contributed by atoms with van der Waals surface area (Å²) in [5, 5.41) is 6.68. The van der Waals surface area contributed by atoms with Crippen LogP contribution in [0.3, 0.4) is 0 Å². The summed E-state index contributed by atoms with van der Waals surface area (Å²) in [5.74, 6) is -0.442. The lowest BCUT2D eigenvalue weighted by molar-refractivity contribution is -0.116. The smallest absolute Gasteiger partial charge is 0.224 e. The highest BCUT2D eigenvalue weighted by molar-refractivity contribution is 7.07. The summed E-state index contributed by atoms with van der Waals surface area (Å²) < 4.78 is 12.9. The molecule has 4 heteroatoms. The van der Waals surface area contributed by atoms with Gasteiger partial charge in [-0.25, -0.2) is 4.39 Å². The highest BCUT2D eigenvalue weighted by Gasteiger charge is 2.03. The van der Waals surface area contributed by atoms with Gasteiger partial charge in [-0.1, -0.05) is 6.07 Å². The fourth-order valence-electron chi connectivity index (χ4n) is 1.48. The summed E-state index contributed by atoms with van der Waals surface area (Å²) >= 11 is 1.62. The maximum Gasteiger partial charge on any atom is 0.224 e. The zero-order chi connectivity index (χ0) is 12.1. The normalized spacial score (nSPS) is 10.2. The van der Waals surface area contributed by atoms with Crippen molar-refractivity contribution < 1.29 is 9.18 Å². The van der Waals surface area contributed by atoms with Crippen LogP contribution in [0, 0.1) is 5.82 Å². The van der Waals surface area contributed by atoms with E-state index in [4.69, 9.17) is 0 Å². The Morgan fingerprint density at radius 1 is 1.35 bits per heavy atom. The lowest BCUT2D eigenvalue weighted by Gasteiger charge is -2.04. The molecule has 1 heterocycles. The molecule has 0 aliphatic carbocycles. The van der Waals surface area contributed by atoms with Crippen LogP contribution in [0.15, 0.2) is 41.1 Å². The van der Waals surface area contributed by atoms with E-state index >= 15 is 0 Å². The minimum absolute atomic E-state index is 0.0956. The number of benzene rings is 1. The third-order valence-corrected chi connectivity index (χ3v) is 3.06. The Balaban J connectivity index is 1.85. The molecule has 2 aromatic rings. The van der Waals surface area contributed by atoms with E-state index in [0.29, 0.717) is 18.5 Å². The van der Waals surface area contributed by atoms with Crippen molar-refractivity contribution in [3.8, 4) is 0 Å². The van der Waals surface area contributed by atoms with Crippen molar-refractivity contribution in [1.29, 1.82) is 0 Å². The van der Waals surface area contributed by atoms with Gasteiger partial charge in [-0.3, -0.25) is 4.79 Å². The van der Waals surface area contributed by atoms with Crippen LogP contribution in [0.1, 0.15) is 12.0 Å². The molecular formula is C13H12FNOS. The van der Waals surface area contributed by atoms with Gasteiger partial charge < -0.3 is 5.32 Å². The van der Waals surface area contributed by atoms with Crippen molar-refractivity contribution >= 4 is 22.9 Å². The summed E-state index contributed by atoms with van der Waals surface area (Å²) in [7, 11) is 0. The first-order chi connectivity index (χ1) is 8.24. The van der Waals surface area contributed by atoms with E-state index < -0.39 is 0 Å². The number of carbonyl (C=O) groups is 1. The van der Waals surface area contributed by atoms with E-state index in [1.54, 1.807) is 23.5 Å². The maximum atomic E-state index is 12.9. The molecule has 1 aromatic carbocycles. The lowest BCUT2D eigenvalue weighted by Crippen LogP contribution is -2.12. The number of hydrogen-bond acceptors (Lipinski definition) is 2. The standard InChI is InChI=1S/C13H12FNOS/c14-11-2-1-3-12(8-11)15-13(16)5-4-10-6-7-17-9-10/h1-3,6-9H,4-5H2,(H,15,16). The highest BCUT2D eigenvalue weighted by Crippen LogP contribution is 2.11. The molecule has 0 saturated carbocycles. The molecule has 1 N–H and O–H groups in total. The fraction of sp³-hybridized carbons (Fsp3) is 0.154. The first kappa shape index (κ1) is 11.8. The molecule has 0 unspecified atom stereocenters. The summed E-state index contributed by atoms with van der Waals surface area (Å²) in [6.07, 6.45) is 1.12. The predicted octanol–water partition coefficient (Wildman–Crippen LogP) is 3.46. The van der Waals surface area contributed by atoms with Crippen LogP contribution in [0.25, 0.3) is 0 Å². The van der Waals surface area contributed by atoms with Crippen molar-refractivity contribution in [1.82, 2.24) is 0 Å². The molecule has 2 rings (SSSR count). The summed E-state index contributed by atoms with van der Waals surface area (Å²) in [4.78, 5) is 11.6. The minimum atomic E-state index is -0.347. The Kier molecular flexibility index (Phi) is 3.88. The van der Waals surface area contributed by atoms with Crippen LogP contribution in [-0.2, 0) is 11.2 Å². The fourth-order valence-corrected chi connectivity index (χ4v) is 2.19. The second-order valence-corrected chi connectivity index (χ2v) is 4.47. The molecule has 0 spiro atoms. The van der Waals surface area contributed by atoms with E-state index in [2.05, 4.69) is 5.32 Å². The van der Waals surface area contributed by atoms with Crippen LogP contribution < -0.4 is 5.32 Å². The Morgan fingerprint density at radius 2 is 2.24 bits per heavy atom. The van der Waals surface area contributed by atoms with Gasteiger partial charge in [-0.05, 0) is 47.0 Å². The van der Waals surface area contributed by atoms with Crippen LogP contribution in [-0.4, -0.2) is 5.91 Å². The van der Waals surface area contributed by atoms with Crippen molar-refractivity contribution in [3.05, 3.63) is 52.5 Å². The molecule has 88 valence electrons. The Hall–Kier alpha value is -1.68. The van der Waals surface area contributed by atoms with Gasteiger partial charge in [-0.2, -0.15) is 11.3 Å². The van der Waals surface area contributed by atoms with Crippen LogP contribution >= 0.6 is 11.3 Å². The first-order valence-corrected chi connectivity index (χ1v) is 6.25. The van der Waals surface area contributed by atoms with Crippen LogP contribution in [0.2, 0.25) is 0 Å². The number of nitrogens with one attached hydrogen (secondary N) is 1. The van der Waals surface area contributed by atoms with Gasteiger partial charge in [-0.15, -0.1) is 0 Å². The Morgan fingerprint density at radius 3 is 2.94 bits per heavy atom. The van der Waals surface area contributed by atoms with E-state index in [0.717, 1.165) is 5.56 Å². The second kappa shape index (κ2) is 5.59. The average Bonchev–Trinajstić information content (AvgIpc) is 2.79. The number of anilines is 1. The van der Waals surface area contributed by atoms with E-state index in [1.807, 2.05) is 16.8 Å². The quantitative estimate of drug-likeness (QED) is 0.883. The van der Waals surface area contributed by atoms with Crippen LogP contribution in [0.4, 0.5) is 10.1 Å². The molecule has 0 fully saturated rings. The summed E-state index contributed by atoms with van der Waals surface area (Å²) in [6, 6.07) is 7.90. The number of thiophene rings is 1. The topological polar surface area (TPSA) is 29.1 Å². The van der Waals surface area contributed by atoms with Crippen molar-refractivity contribution in [2.75, 3.05) is 5.32 Å². The van der Waals surface area contributed by atoms with Gasteiger partial charge in [0.1, 0.15) is 5.82 Å². The average molecular weight is 249 g/mol. The molecule has 0 radical (unpaired) electrons. The van der Waals surface area contributed by atoms with Gasteiger partial charge in [0.25, 0.3) is 0 Å². The second-order valence-electron chi connectivity index (χ2n) is 3.69. The zero-order valence-corrected chi connectivity index (χ0v) is 9.97. The molecule has 2 nitrogen and oxygen atoms in total. The molecule has 17 heavy (non-hydrogen) atoms. The summed E-state index contributed by atoms with van der Waals surface area (Å²) in [6.45, 7) is 0. The zero-order valence-electron chi connectivity index (χ0n) is 9.15. The molecule has 0 saturated heterocycles. The highest BCUT2D eigenvalue weighted by atomic mass is 32.1. The third kappa shape index (κ3) is 3.67. The first-order valence-electron chi connectivity index (χ1n) is 5.30. The number of hydrogen-bond donors (Lipinski definition) is 1. The minimum Gasteiger partial charge on any atom is -0.326 e. The molecule has 0 aliphatic rings. The Bertz CT molecular complexity index is 496. The monoisotopic (exact) mass is 249 g/mol. The van der Waals surface area contributed by atoms with Gasteiger partial charge in [0, 0.05) is 12.1 Å². The molecular weight excluding hydrogens is 237 g/mol. The van der Waals surface area contributed by atoms with E-state index in [1.165, 1.54) is 12.1 Å². The van der Waals surface area contributed by atoms with Gasteiger partial charge in [0.05, 0.1) is 0 Å². The lowest BCUT2D eigenvalue weighted by atomic mass is 10.2. The number of aryl methyl sites for hydroxylation is 1. The maximum absolute atomic E-state index is 12.9. The predicted molar refractivity (Wildman–Crippen MR) is 67.7 cm³/mol.